The average molecular weight is 431 g/mol. The molecule has 8 unspecified atom stereocenters. The fourth-order valence-electron chi connectivity index (χ4n) is 9.06. The van der Waals surface area contributed by atoms with Gasteiger partial charge >= 0.3 is 5.97 Å². The molecule has 3 fully saturated rings. The summed E-state index contributed by atoms with van der Waals surface area (Å²) < 4.78 is 0. The summed E-state index contributed by atoms with van der Waals surface area (Å²) in [6, 6.07) is 0. The van der Waals surface area contributed by atoms with E-state index in [-0.39, 0.29) is 17.9 Å². The number of carboxylic acids is 1. The SMILES string of the molecule is CC(C)CCCC(C)C1CCC2C3CC=C4CC(O)CCC4(CC(=O)O)C3CCC12C. The molecule has 0 bridgehead atoms. The molecule has 3 heteroatoms. The molecule has 0 spiro atoms. The largest absolute Gasteiger partial charge is 0.481 e. The predicted molar refractivity (Wildman–Crippen MR) is 126 cm³/mol. The summed E-state index contributed by atoms with van der Waals surface area (Å²) in [6.07, 6.45) is 15.1. The molecule has 4 aliphatic carbocycles. The Morgan fingerprint density at radius 2 is 1.87 bits per heavy atom. The highest BCUT2D eigenvalue weighted by atomic mass is 16.4. The van der Waals surface area contributed by atoms with Crippen molar-refractivity contribution in [3.8, 4) is 0 Å². The summed E-state index contributed by atoms with van der Waals surface area (Å²) in [6.45, 7) is 9.78. The molecule has 0 aromatic heterocycles. The Labute approximate surface area is 190 Å². The van der Waals surface area contributed by atoms with Crippen LogP contribution in [-0.4, -0.2) is 22.3 Å². The van der Waals surface area contributed by atoms with E-state index in [0.717, 1.165) is 42.9 Å². The number of rotatable bonds is 7. The summed E-state index contributed by atoms with van der Waals surface area (Å²) >= 11 is 0. The smallest absolute Gasteiger partial charge is 0.304 e. The zero-order chi connectivity index (χ0) is 22.4. The van der Waals surface area contributed by atoms with E-state index in [1.54, 1.807) is 0 Å². The van der Waals surface area contributed by atoms with E-state index in [4.69, 9.17) is 0 Å². The van der Waals surface area contributed by atoms with Crippen molar-refractivity contribution in [1.29, 1.82) is 0 Å². The lowest BCUT2D eigenvalue weighted by Gasteiger charge is -2.59. The lowest BCUT2D eigenvalue weighted by molar-refractivity contribution is -0.143. The predicted octanol–water partition coefficient (Wildman–Crippen LogP) is 6.84. The minimum Gasteiger partial charge on any atom is -0.481 e. The number of carboxylic acid groups (broad SMARTS) is 1. The first-order valence-electron chi connectivity index (χ1n) is 13.3. The van der Waals surface area contributed by atoms with Crippen LogP contribution >= 0.6 is 0 Å². The Balaban J connectivity index is 1.55. The summed E-state index contributed by atoms with van der Waals surface area (Å²) in [5.41, 5.74) is 1.54. The van der Waals surface area contributed by atoms with Crippen LogP contribution in [0.1, 0.15) is 105 Å². The van der Waals surface area contributed by atoms with Crippen molar-refractivity contribution in [3.63, 3.8) is 0 Å². The van der Waals surface area contributed by atoms with E-state index < -0.39 is 5.97 Å². The van der Waals surface area contributed by atoms with Crippen LogP contribution in [0.25, 0.3) is 0 Å². The van der Waals surface area contributed by atoms with Gasteiger partial charge in [-0.15, -0.1) is 0 Å². The van der Waals surface area contributed by atoms with Crippen LogP contribution < -0.4 is 0 Å². The van der Waals surface area contributed by atoms with Crippen LogP contribution in [0.2, 0.25) is 0 Å². The van der Waals surface area contributed by atoms with Gasteiger partial charge in [-0.25, -0.2) is 0 Å². The number of fused-ring (bicyclic) bond motifs is 5. The van der Waals surface area contributed by atoms with Crippen molar-refractivity contribution in [2.45, 2.75) is 111 Å². The van der Waals surface area contributed by atoms with Gasteiger partial charge in [-0.05, 0) is 92.3 Å². The number of aliphatic hydroxyl groups is 1. The van der Waals surface area contributed by atoms with E-state index >= 15 is 0 Å². The summed E-state index contributed by atoms with van der Waals surface area (Å²) in [5.74, 6) is 3.68. The van der Waals surface area contributed by atoms with Gasteiger partial charge in [0.05, 0.1) is 12.5 Å². The van der Waals surface area contributed by atoms with E-state index in [1.807, 2.05) is 0 Å². The number of hydrogen-bond acceptors (Lipinski definition) is 2. The fraction of sp³-hybridized carbons (Fsp3) is 0.893. The van der Waals surface area contributed by atoms with Crippen molar-refractivity contribution in [2.75, 3.05) is 0 Å². The highest BCUT2D eigenvalue weighted by Gasteiger charge is 2.60. The van der Waals surface area contributed by atoms with E-state index in [0.29, 0.717) is 23.7 Å². The highest BCUT2D eigenvalue weighted by Crippen LogP contribution is 2.68. The number of hydrogen-bond donors (Lipinski definition) is 2. The van der Waals surface area contributed by atoms with Crippen LogP contribution in [0.3, 0.4) is 0 Å². The van der Waals surface area contributed by atoms with Crippen molar-refractivity contribution in [3.05, 3.63) is 11.6 Å². The maximum Gasteiger partial charge on any atom is 0.304 e. The van der Waals surface area contributed by atoms with Crippen molar-refractivity contribution in [2.24, 2.45) is 46.3 Å². The van der Waals surface area contributed by atoms with Crippen LogP contribution in [-0.2, 0) is 4.79 Å². The van der Waals surface area contributed by atoms with E-state index in [2.05, 4.69) is 33.8 Å². The number of aliphatic carboxylic acids is 1. The number of carbonyl (C=O) groups is 1. The molecule has 31 heavy (non-hydrogen) atoms. The first-order chi connectivity index (χ1) is 14.7. The first-order valence-corrected chi connectivity index (χ1v) is 13.3. The van der Waals surface area contributed by atoms with Crippen molar-refractivity contribution < 1.29 is 15.0 Å². The van der Waals surface area contributed by atoms with Gasteiger partial charge in [-0.3, -0.25) is 4.79 Å². The summed E-state index contributed by atoms with van der Waals surface area (Å²) in [5, 5.41) is 20.1. The van der Waals surface area contributed by atoms with Gasteiger partial charge in [0.15, 0.2) is 0 Å². The zero-order valence-corrected chi connectivity index (χ0v) is 20.4. The minimum absolute atomic E-state index is 0.184. The summed E-state index contributed by atoms with van der Waals surface area (Å²) in [7, 11) is 0. The van der Waals surface area contributed by atoms with Crippen LogP contribution in [0.15, 0.2) is 11.6 Å². The molecular weight excluding hydrogens is 384 g/mol. The Morgan fingerprint density at radius 3 is 2.58 bits per heavy atom. The Morgan fingerprint density at radius 1 is 1.10 bits per heavy atom. The van der Waals surface area contributed by atoms with Gasteiger partial charge in [0.1, 0.15) is 0 Å². The molecule has 0 amide bonds. The van der Waals surface area contributed by atoms with Crippen molar-refractivity contribution >= 4 is 5.97 Å². The van der Waals surface area contributed by atoms with Gasteiger partial charge in [-0.2, -0.15) is 0 Å². The molecule has 0 radical (unpaired) electrons. The van der Waals surface area contributed by atoms with Crippen molar-refractivity contribution in [1.82, 2.24) is 0 Å². The molecule has 0 aromatic rings. The molecule has 3 nitrogen and oxygen atoms in total. The number of allylic oxidation sites excluding steroid dienone is 1. The third-order valence-electron chi connectivity index (χ3n) is 10.5. The molecule has 2 N–H and O–H groups in total. The quantitative estimate of drug-likeness (QED) is 0.435. The van der Waals surface area contributed by atoms with E-state index in [9.17, 15) is 15.0 Å². The Bertz CT molecular complexity index is 696. The molecule has 3 saturated carbocycles. The first kappa shape index (κ1) is 23.3. The second-order valence-electron chi connectivity index (χ2n) is 12.5. The van der Waals surface area contributed by atoms with Gasteiger partial charge < -0.3 is 10.2 Å². The standard InChI is InChI=1S/C28H46O3/c1-18(2)6-5-7-19(3)23-10-11-24-22-9-8-20-16-21(29)12-15-28(20,17-26(30)31)25(22)13-14-27(23,24)4/h8,18-19,21-25,29H,5-7,9-17H2,1-4H3,(H,30,31). The molecule has 4 rings (SSSR count). The Kier molecular flexibility index (Phi) is 6.65. The molecule has 0 saturated heterocycles. The van der Waals surface area contributed by atoms with Gasteiger partial charge in [0.2, 0.25) is 0 Å². The molecule has 4 aliphatic rings. The zero-order valence-electron chi connectivity index (χ0n) is 20.4. The second-order valence-corrected chi connectivity index (χ2v) is 12.5. The average Bonchev–Trinajstić information content (AvgIpc) is 3.05. The molecular formula is C28H46O3. The van der Waals surface area contributed by atoms with Crippen LogP contribution in [0.4, 0.5) is 0 Å². The van der Waals surface area contributed by atoms with Crippen LogP contribution in [0, 0.1) is 46.3 Å². The van der Waals surface area contributed by atoms with E-state index in [1.165, 1.54) is 50.5 Å². The highest BCUT2D eigenvalue weighted by molar-refractivity contribution is 5.69. The Hall–Kier alpha value is -0.830. The third-order valence-corrected chi connectivity index (χ3v) is 10.5. The lowest BCUT2D eigenvalue weighted by Crippen LogP contribution is -2.52. The topological polar surface area (TPSA) is 57.5 Å². The molecule has 0 heterocycles. The van der Waals surface area contributed by atoms with Crippen LogP contribution in [0.5, 0.6) is 0 Å². The lowest BCUT2D eigenvalue weighted by atomic mass is 9.45. The monoisotopic (exact) mass is 430 g/mol. The normalized spacial score (nSPS) is 43.0. The minimum atomic E-state index is -0.653. The second kappa shape index (κ2) is 8.84. The van der Waals surface area contributed by atoms with Gasteiger partial charge in [0.25, 0.3) is 0 Å². The fourth-order valence-corrected chi connectivity index (χ4v) is 9.06. The summed E-state index contributed by atoms with van der Waals surface area (Å²) in [4.78, 5) is 12.0. The maximum atomic E-state index is 12.0. The third kappa shape index (κ3) is 4.13. The van der Waals surface area contributed by atoms with Gasteiger partial charge in [0, 0.05) is 5.41 Å². The molecule has 0 aromatic carbocycles. The molecule has 176 valence electrons. The maximum absolute atomic E-state index is 12.0. The van der Waals surface area contributed by atoms with Gasteiger partial charge in [-0.1, -0.05) is 58.6 Å². The molecule has 0 aliphatic heterocycles. The number of aliphatic hydroxyl groups excluding tert-OH is 1. The molecule has 8 atom stereocenters.